The summed E-state index contributed by atoms with van der Waals surface area (Å²) in [7, 11) is 0. The highest BCUT2D eigenvalue weighted by Gasteiger charge is 2.30. The monoisotopic (exact) mass is 202 g/mol. The van der Waals surface area contributed by atoms with Crippen LogP contribution in [-0.4, -0.2) is 17.3 Å². The molecule has 1 fully saturated rings. The molecule has 15 heavy (non-hydrogen) atoms. The molecule has 0 amide bonds. The lowest BCUT2D eigenvalue weighted by atomic mass is 9.86. The molecule has 1 aliphatic carbocycles. The topological polar surface area (TPSA) is 29.5 Å². The Balaban J connectivity index is 2.05. The summed E-state index contributed by atoms with van der Waals surface area (Å²) in [5.74, 6) is 0.945. The Kier molecular flexibility index (Phi) is 2.03. The SMILES string of the molecule is O[C@H]1CCC[C@H]2Oc3ccccc3C=C12. The number of aliphatic hydroxyl groups is 1. The molecular weight excluding hydrogens is 188 g/mol. The molecule has 0 unspecified atom stereocenters. The van der Waals surface area contributed by atoms with Crippen molar-refractivity contribution in [3.8, 4) is 5.75 Å². The third-order valence-corrected chi connectivity index (χ3v) is 3.21. The number of hydrogen-bond donors (Lipinski definition) is 1. The fraction of sp³-hybridized carbons (Fsp3) is 0.385. The van der Waals surface area contributed by atoms with Gasteiger partial charge in [0.15, 0.2) is 0 Å². The predicted molar refractivity (Wildman–Crippen MR) is 58.7 cm³/mol. The van der Waals surface area contributed by atoms with Crippen LogP contribution in [0.5, 0.6) is 5.75 Å². The molecule has 1 saturated carbocycles. The summed E-state index contributed by atoms with van der Waals surface area (Å²) < 4.78 is 5.88. The minimum Gasteiger partial charge on any atom is -0.485 e. The van der Waals surface area contributed by atoms with Gasteiger partial charge in [-0.1, -0.05) is 18.2 Å². The van der Waals surface area contributed by atoms with Gasteiger partial charge in [0.25, 0.3) is 0 Å². The Labute approximate surface area is 89.2 Å². The summed E-state index contributed by atoms with van der Waals surface area (Å²) in [5.41, 5.74) is 2.14. The maximum atomic E-state index is 9.88. The van der Waals surface area contributed by atoms with E-state index in [0.29, 0.717) is 0 Å². The normalized spacial score (nSPS) is 28.5. The van der Waals surface area contributed by atoms with E-state index in [1.165, 1.54) is 0 Å². The van der Waals surface area contributed by atoms with Gasteiger partial charge in [-0.3, -0.25) is 0 Å². The molecule has 0 aromatic heterocycles. The van der Waals surface area contributed by atoms with Crippen molar-refractivity contribution in [1.82, 2.24) is 0 Å². The van der Waals surface area contributed by atoms with Crippen LogP contribution in [0.1, 0.15) is 24.8 Å². The van der Waals surface area contributed by atoms with Crippen LogP contribution in [0.15, 0.2) is 29.8 Å². The van der Waals surface area contributed by atoms with Crippen molar-refractivity contribution in [3.05, 3.63) is 35.4 Å². The first-order chi connectivity index (χ1) is 7.34. The third-order valence-electron chi connectivity index (χ3n) is 3.21. The second kappa shape index (κ2) is 3.38. The summed E-state index contributed by atoms with van der Waals surface area (Å²) in [6, 6.07) is 8.00. The second-order valence-corrected chi connectivity index (χ2v) is 4.24. The van der Waals surface area contributed by atoms with Gasteiger partial charge in [0, 0.05) is 5.56 Å². The van der Waals surface area contributed by atoms with Crippen molar-refractivity contribution in [2.24, 2.45) is 0 Å². The number of hydrogen-bond acceptors (Lipinski definition) is 2. The summed E-state index contributed by atoms with van der Waals surface area (Å²) >= 11 is 0. The van der Waals surface area contributed by atoms with Crippen LogP contribution in [0.4, 0.5) is 0 Å². The fourth-order valence-electron chi connectivity index (χ4n) is 2.40. The molecule has 2 heteroatoms. The van der Waals surface area contributed by atoms with Crippen LogP contribution in [-0.2, 0) is 0 Å². The smallest absolute Gasteiger partial charge is 0.127 e. The summed E-state index contributed by atoms with van der Waals surface area (Å²) in [5, 5.41) is 9.88. The Hall–Kier alpha value is -1.28. The van der Waals surface area contributed by atoms with Gasteiger partial charge in [0.1, 0.15) is 11.9 Å². The molecule has 3 rings (SSSR count). The zero-order chi connectivity index (χ0) is 10.3. The largest absolute Gasteiger partial charge is 0.485 e. The number of ether oxygens (including phenoxy) is 1. The van der Waals surface area contributed by atoms with E-state index in [1.54, 1.807) is 0 Å². The van der Waals surface area contributed by atoms with Gasteiger partial charge in [-0.2, -0.15) is 0 Å². The van der Waals surface area contributed by atoms with Gasteiger partial charge >= 0.3 is 0 Å². The zero-order valence-electron chi connectivity index (χ0n) is 8.52. The number of rotatable bonds is 0. The Morgan fingerprint density at radius 2 is 2.07 bits per heavy atom. The molecule has 1 N–H and O–H groups in total. The van der Waals surface area contributed by atoms with Crippen molar-refractivity contribution < 1.29 is 9.84 Å². The van der Waals surface area contributed by atoms with E-state index >= 15 is 0 Å². The van der Waals surface area contributed by atoms with Gasteiger partial charge in [-0.25, -0.2) is 0 Å². The molecule has 1 aliphatic heterocycles. The highest BCUT2D eigenvalue weighted by molar-refractivity contribution is 5.64. The molecule has 0 spiro atoms. The molecule has 1 heterocycles. The number of aliphatic hydroxyl groups excluding tert-OH is 1. The number of fused-ring (bicyclic) bond motifs is 2. The van der Waals surface area contributed by atoms with Crippen molar-refractivity contribution >= 4 is 6.08 Å². The van der Waals surface area contributed by atoms with E-state index in [4.69, 9.17) is 4.74 Å². The van der Waals surface area contributed by atoms with Gasteiger partial charge in [0.2, 0.25) is 0 Å². The van der Waals surface area contributed by atoms with Crippen LogP contribution >= 0.6 is 0 Å². The van der Waals surface area contributed by atoms with E-state index < -0.39 is 0 Å². The molecule has 2 aliphatic rings. The molecule has 0 saturated heterocycles. The highest BCUT2D eigenvalue weighted by Crippen LogP contribution is 2.36. The highest BCUT2D eigenvalue weighted by atomic mass is 16.5. The van der Waals surface area contributed by atoms with Crippen LogP contribution in [0.25, 0.3) is 6.08 Å². The summed E-state index contributed by atoms with van der Waals surface area (Å²) in [6.07, 6.45) is 4.82. The van der Waals surface area contributed by atoms with Gasteiger partial charge in [0.05, 0.1) is 6.10 Å². The second-order valence-electron chi connectivity index (χ2n) is 4.24. The van der Waals surface area contributed by atoms with Crippen LogP contribution in [0, 0.1) is 0 Å². The van der Waals surface area contributed by atoms with Gasteiger partial charge in [-0.15, -0.1) is 0 Å². The lowest BCUT2D eigenvalue weighted by molar-refractivity contribution is 0.112. The quantitative estimate of drug-likeness (QED) is 0.700. The molecule has 78 valence electrons. The Morgan fingerprint density at radius 1 is 1.20 bits per heavy atom. The summed E-state index contributed by atoms with van der Waals surface area (Å²) in [6.45, 7) is 0. The fourth-order valence-corrected chi connectivity index (χ4v) is 2.40. The lowest BCUT2D eigenvalue weighted by Crippen LogP contribution is -2.33. The first-order valence-electron chi connectivity index (χ1n) is 5.50. The maximum absolute atomic E-state index is 9.88. The Morgan fingerprint density at radius 3 is 3.00 bits per heavy atom. The van der Waals surface area contributed by atoms with Crippen LogP contribution in [0.3, 0.4) is 0 Å². The number of benzene rings is 1. The maximum Gasteiger partial charge on any atom is 0.127 e. The lowest BCUT2D eigenvalue weighted by Gasteiger charge is -2.33. The standard InChI is InChI=1S/C13H14O2/c14-11-5-3-7-13-10(11)8-9-4-1-2-6-12(9)15-13/h1-2,4,6,8,11,13-14H,3,5,7H2/t11-,13+/m0/s1. The van der Waals surface area contributed by atoms with Crippen molar-refractivity contribution in [3.63, 3.8) is 0 Å². The molecule has 1 aromatic rings. The average molecular weight is 202 g/mol. The van der Waals surface area contributed by atoms with Crippen molar-refractivity contribution in [1.29, 1.82) is 0 Å². The summed E-state index contributed by atoms with van der Waals surface area (Å²) in [4.78, 5) is 0. The number of para-hydroxylation sites is 1. The Bertz CT molecular complexity index is 409. The average Bonchev–Trinajstić information content (AvgIpc) is 2.27. The first-order valence-corrected chi connectivity index (χ1v) is 5.50. The first kappa shape index (κ1) is 8.98. The predicted octanol–water partition coefficient (Wildman–Crippen LogP) is 2.38. The molecular formula is C13H14O2. The third kappa shape index (κ3) is 1.45. The minimum absolute atomic E-state index is 0.101. The van der Waals surface area contributed by atoms with Gasteiger partial charge in [-0.05, 0) is 37.0 Å². The van der Waals surface area contributed by atoms with Gasteiger partial charge < -0.3 is 9.84 Å². The van der Waals surface area contributed by atoms with E-state index in [2.05, 4.69) is 6.08 Å². The van der Waals surface area contributed by atoms with E-state index in [0.717, 1.165) is 36.1 Å². The molecule has 2 atom stereocenters. The molecule has 2 nitrogen and oxygen atoms in total. The van der Waals surface area contributed by atoms with E-state index in [9.17, 15) is 5.11 Å². The molecule has 1 aromatic carbocycles. The zero-order valence-corrected chi connectivity index (χ0v) is 8.52. The van der Waals surface area contributed by atoms with Crippen LogP contribution in [0.2, 0.25) is 0 Å². The van der Waals surface area contributed by atoms with Crippen molar-refractivity contribution in [2.45, 2.75) is 31.5 Å². The van der Waals surface area contributed by atoms with E-state index in [-0.39, 0.29) is 12.2 Å². The van der Waals surface area contributed by atoms with Crippen LogP contribution < -0.4 is 4.74 Å². The van der Waals surface area contributed by atoms with E-state index in [1.807, 2.05) is 24.3 Å². The minimum atomic E-state index is -0.308. The molecule has 0 radical (unpaired) electrons. The van der Waals surface area contributed by atoms with Crippen molar-refractivity contribution in [2.75, 3.05) is 0 Å². The molecule has 0 bridgehead atoms.